The lowest BCUT2D eigenvalue weighted by Gasteiger charge is -2.19. The van der Waals surface area contributed by atoms with Crippen molar-refractivity contribution in [3.8, 4) is 0 Å². The Morgan fingerprint density at radius 1 is 1.27 bits per heavy atom. The molecule has 0 N–H and O–H groups in total. The number of hydrogen-bond donors (Lipinski definition) is 0. The molecule has 0 fully saturated rings. The molecule has 1 heterocycles. The van der Waals surface area contributed by atoms with Crippen molar-refractivity contribution in [3.05, 3.63) is 28.0 Å². The normalized spacial score (nSPS) is 11.0. The molecule has 1 rings (SSSR count). The Morgan fingerprint density at radius 2 is 2.00 bits per heavy atom. The first-order valence-corrected chi connectivity index (χ1v) is 5.96. The van der Waals surface area contributed by atoms with Gasteiger partial charge in [-0.25, -0.2) is 4.98 Å². The molecule has 0 radical (unpaired) electrons. The number of aromatic nitrogens is 1. The molecule has 0 aromatic carbocycles. The molecule has 0 spiro atoms. The van der Waals surface area contributed by atoms with E-state index in [1.807, 2.05) is 0 Å². The monoisotopic (exact) mass is 246 g/mol. The van der Waals surface area contributed by atoms with Crippen LogP contribution in [0.25, 0.3) is 0 Å². The molecule has 0 saturated heterocycles. The molecular weight excluding hydrogens is 231 g/mol. The zero-order chi connectivity index (χ0) is 11.3. The summed E-state index contributed by atoms with van der Waals surface area (Å²) >= 11 is 11.9. The van der Waals surface area contributed by atoms with E-state index in [1.54, 1.807) is 12.1 Å². The van der Waals surface area contributed by atoms with Gasteiger partial charge in [-0.15, -0.1) is 0 Å². The molecule has 0 aliphatic carbocycles. The van der Waals surface area contributed by atoms with Gasteiger partial charge in [0.1, 0.15) is 5.15 Å². The molecule has 0 amide bonds. The van der Waals surface area contributed by atoms with E-state index in [1.165, 1.54) is 0 Å². The van der Waals surface area contributed by atoms with Crippen LogP contribution in [0.15, 0.2) is 12.1 Å². The fraction of sp³-hybridized carbons (Fsp3) is 0.545. The van der Waals surface area contributed by atoms with Gasteiger partial charge in [0.2, 0.25) is 0 Å². The first-order valence-electron chi connectivity index (χ1n) is 5.20. The summed E-state index contributed by atoms with van der Waals surface area (Å²) in [6, 6.07) is 3.51. The third kappa shape index (κ3) is 3.98. The van der Waals surface area contributed by atoms with Gasteiger partial charge in [-0.05, 0) is 31.6 Å². The zero-order valence-electron chi connectivity index (χ0n) is 9.13. The molecule has 0 aliphatic heterocycles. The van der Waals surface area contributed by atoms with Crippen LogP contribution >= 0.6 is 23.2 Å². The minimum absolute atomic E-state index is 0.502. The second-order valence-electron chi connectivity index (χ2n) is 3.43. The van der Waals surface area contributed by atoms with E-state index in [9.17, 15) is 0 Å². The van der Waals surface area contributed by atoms with E-state index in [-0.39, 0.29) is 0 Å². The average molecular weight is 247 g/mol. The number of halogens is 2. The van der Waals surface area contributed by atoms with Gasteiger partial charge in [-0.1, -0.05) is 37.0 Å². The predicted octanol–water partition coefficient (Wildman–Crippen LogP) is 3.62. The van der Waals surface area contributed by atoms with Crippen LogP contribution in [0.5, 0.6) is 0 Å². The number of rotatable bonds is 5. The Kier molecular flexibility index (Phi) is 5.37. The number of hydrogen-bond acceptors (Lipinski definition) is 2. The molecule has 0 saturated carbocycles. The second-order valence-corrected chi connectivity index (χ2v) is 4.23. The third-order valence-corrected chi connectivity index (χ3v) is 2.80. The molecule has 0 aliphatic rings. The van der Waals surface area contributed by atoms with Crippen molar-refractivity contribution in [1.82, 2.24) is 9.88 Å². The van der Waals surface area contributed by atoms with Crippen LogP contribution in [0.1, 0.15) is 26.0 Å². The van der Waals surface area contributed by atoms with Crippen LogP contribution in [0.4, 0.5) is 0 Å². The number of nitrogens with zero attached hydrogens (tertiary/aromatic N) is 2. The van der Waals surface area contributed by atoms with Crippen molar-refractivity contribution in [3.63, 3.8) is 0 Å². The Morgan fingerprint density at radius 3 is 2.60 bits per heavy atom. The SMILES string of the molecule is CCCN(CC)Cc1nc(Cl)ccc1Cl. The van der Waals surface area contributed by atoms with E-state index in [4.69, 9.17) is 23.2 Å². The lowest BCUT2D eigenvalue weighted by atomic mass is 10.3. The summed E-state index contributed by atoms with van der Waals surface area (Å²) in [6.45, 7) is 7.12. The summed E-state index contributed by atoms with van der Waals surface area (Å²) in [7, 11) is 0. The maximum Gasteiger partial charge on any atom is 0.129 e. The Balaban J connectivity index is 2.73. The molecule has 0 bridgehead atoms. The highest BCUT2D eigenvalue weighted by Gasteiger charge is 2.07. The van der Waals surface area contributed by atoms with Crippen molar-refractivity contribution in [2.45, 2.75) is 26.8 Å². The molecule has 0 atom stereocenters. The van der Waals surface area contributed by atoms with Crippen LogP contribution < -0.4 is 0 Å². The topological polar surface area (TPSA) is 16.1 Å². The molecule has 15 heavy (non-hydrogen) atoms. The van der Waals surface area contributed by atoms with Crippen molar-refractivity contribution in [1.29, 1.82) is 0 Å². The molecule has 2 nitrogen and oxygen atoms in total. The van der Waals surface area contributed by atoms with Gasteiger partial charge in [0.05, 0.1) is 10.7 Å². The minimum Gasteiger partial charge on any atom is -0.298 e. The van der Waals surface area contributed by atoms with Crippen molar-refractivity contribution < 1.29 is 0 Å². The van der Waals surface area contributed by atoms with E-state index in [0.717, 1.165) is 31.7 Å². The fourth-order valence-electron chi connectivity index (χ4n) is 1.45. The summed E-state index contributed by atoms with van der Waals surface area (Å²) in [4.78, 5) is 6.53. The van der Waals surface area contributed by atoms with Crippen LogP contribution in [0.2, 0.25) is 10.2 Å². The molecule has 84 valence electrons. The Labute approximate surface area is 101 Å². The van der Waals surface area contributed by atoms with Gasteiger partial charge < -0.3 is 0 Å². The Hall–Kier alpha value is -0.310. The van der Waals surface area contributed by atoms with E-state index in [2.05, 4.69) is 23.7 Å². The highest BCUT2D eigenvalue weighted by atomic mass is 35.5. The largest absolute Gasteiger partial charge is 0.298 e. The first-order chi connectivity index (χ1) is 7.17. The Bertz CT molecular complexity index is 315. The second kappa shape index (κ2) is 6.31. The average Bonchev–Trinajstić information content (AvgIpc) is 2.22. The quantitative estimate of drug-likeness (QED) is 0.739. The van der Waals surface area contributed by atoms with E-state index in [0.29, 0.717) is 10.2 Å². The highest BCUT2D eigenvalue weighted by molar-refractivity contribution is 6.32. The van der Waals surface area contributed by atoms with Gasteiger partial charge in [-0.2, -0.15) is 0 Å². The zero-order valence-corrected chi connectivity index (χ0v) is 10.6. The minimum atomic E-state index is 0.502. The summed E-state index contributed by atoms with van der Waals surface area (Å²) < 4.78 is 0. The first kappa shape index (κ1) is 12.8. The van der Waals surface area contributed by atoms with Crippen molar-refractivity contribution in [2.75, 3.05) is 13.1 Å². The van der Waals surface area contributed by atoms with Crippen molar-refractivity contribution in [2.24, 2.45) is 0 Å². The fourth-order valence-corrected chi connectivity index (χ4v) is 1.78. The van der Waals surface area contributed by atoms with Crippen LogP contribution in [-0.2, 0) is 6.54 Å². The van der Waals surface area contributed by atoms with E-state index >= 15 is 0 Å². The van der Waals surface area contributed by atoms with Crippen LogP contribution in [-0.4, -0.2) is 23.0 Å². The van der Waals surface area contributed by atoms with Gasteiger partial charge >= 0.3 is 0 Å². The van der Waals surface area contributed by atoms with Crippen LogP contribution in [0, 0.1) is 0 Å². The van der Waals surface area contributed by atoms with Crippen LogP contribution in [0.3, 0.4) is 0 Å². The lowest BCUT2D eigenvalue weighted by Crippen LogP contribution is -2.24. The summed E-state index contributed by atoms with van der Waals surface area (Å²) in [6.07, 6.45) is 1.13. The standard InChI is InChI=1S/C11H16Cl2N2/c1-3-7-15(4-2)8-10-9(12)5-6-11(13)14-10/h5-6H,3-4,7-8H2,1-2H3. The maximum absolute atomic E-state index is 6.05. The van der Waals surface area contributed by atoms with Gasteiger partial charge in [-0.3, -0.25) is 4.90 Å². The van der Waals surface area contributed by atoms with Gasteiger partial charge in [0, 0.05) is 6.54 Å². The molecular formula is C11H16Cl2N2. The predicted molar refractivity (Wildman–Crippen MR) is 65.5 cm³/mol. The maximum atomic E-state index is 6.05. The summed E-state index contributed by atoms with van der Waals surface area (Å²) in [5.74, 6) is 0. The molecule has 4 heteroatoms. The number of pyridine rings is 1. The summed E-state index contributed by atoms with van der Waals surface area (Å²) in [5, 5.41) is 1.19. The smallest absolute Gasteiger partial charge is 0.129 e. The van der Waals surface area contributed by atoms with Crippen molar-refractivity contribution >= 4 is 23.2 Å². The third-order valence-electron chi connectivity index (χ3n) is 2.25. The molecule has 0 unspecified atom stereocenters. The highest BCUT2D eigenvalue weighted by Crippen LogP contribution is 2.18. The van der Waals surface area contributed by atoms with Gasteiger partial charge in [0.25, 0.3) is 0 Å². The molecule has 1 aromatic rings. The van der Waals surface area contributed by atoms with E-state index < -0.39 is 0 Å². The summed E-state index contributed by atoms with van der Waals surface area (Å²) in [5.41, 5.74) is 0.861. The molecule has 1 aromatic heterocycles. The lowest BCUT2D eigenvalue weighted by molar-refractivity contribution is 0.277. The van der Waals surface area contributed by atoms with Gasteiger partial charge in [0.15, 0.2) is 0 Å².